The molecular weight excluding hydrogens is 190 g/mol. The molecule has 1 rings (SSSR count). The number of aromatic nitrogens is 1. The van der Waals surface area contributed by atoms with Crippen LogP contribution in [0.15, 0.2) is 23.1 Å². The SMILES string of the molecule is CCCn1cc(C(=O)Cl)ccc1=O. The van der Waals surface area contributed by atoms with E-state index in [1.54, 1.807) is 0 Å². The molecule has 0 N–H and O–H groups in total. The molecule has 0 atom stereocenters. The van der Waals surface area contributed by atoms with Gasteiger partial charge in [-0.3, -0.25) is 9.59 Å². The summed E-state index contributed by atoms with van der Waals surface area (Å²) in [6.45, 7) is 2.57. The number of carbonyl (C=O) groups excluding carboxylic acids is 1. The van der Waals surface area contributed by atoms with E-state index in [9.17, 15) is 9.59 Å². The quantitative estimate of drug-likeness (QED) is 0.695. The molecule has 0 saturated carbocycles. The summed E-state index contributed by atoms with van der Waals surface area (Å²) < 4.78 is 1.48. The standard InChI is InChI=1S/C9H10ClNO2/c1-2-5-11-6-7(9(10)13)3-4-8(11)12/h3-4,6H,2,5H2,1H3. The number of hydrogen-bond donors (Lipinski definition) is 0. The molecule has 0 aliphatic rings. The highest BCUT2D eigenvalue weighted by Crippen LogP contribution is 2.00. The number of carbonyl (C=O) groups is 1. The second-order valence-electron chi connectivity index (χ2n) is 2.72. The molecule has 0 spiro atoms. The third kappa shape index (κ3) is 2.42. The molecule has 0 amide bonds. The van der Waals surface area contributed by atoms with Gasteiger partial charge in [0.25, 0.3) is 10.8 Å². The van der Waals surface area contributed by atoms with E-state index in [-0.39, 0.29) is 5.56 Å². The van der Waals surface area contributed by atoms with Gasteiger partial charge in [-0.25, -0.2) is 0 Å². The minimum atomic E-state index is -0.537. The van der Waals surface area contributed by atoms with Gasteiger partial charge in [0.05, 0.1) is 5.56 Å². The first-order valence-corrected chi connectivity index (χ1v) is 4.43. The van der Waals surface area contributed by atoms with Crippen molar-refractivity contribution < 1.29 is 4.79 Å². The van der Waals surface area contributed by atoms with Gasteiger partial charge in [-0.1, -0.05) is 6.92 Å². The molecule has 4 heteroatoms. The highest BCUT2D eigenvalue weighted by Gasteiger charge is 2.03. The third-order valence-corrected chi connectivity index (χ3v) is 1.89. The van der Waals surface area contributed by atoms with Crippen molar-refractivity contribution in [3.05, 3.63) is 34.2 Å². The Kier molecular flexibility index (Phi) is 3.25. The van der Waals surface area contributed by atoms with Crippen LogP contribution in [0.1, 0.15) is 23.7 Å². The summed E-state index contributed by atoms with van der Waals surface area (Å²) >= 11 is 5.27. The Hall–Kier alpha value is -1.09. The van der Waals surface area contributed by atoms with E-state index in [0.29, 0.717) is 12.1 Å². The lowest BCUT2D eigenvalue weighted by Gasteiger charge is -2.03. The van der Waals surface area contributed by atoms with Gasteiger partial charge in [0, 0.05) is 18.8 Å². The molecule has 0 saturated heterocycles. The van der Waals surface area contributed by atoms with Crippen LogP contribution in [0.2, 0.25) is 0 Å². The van der Waals surface area contributed by atoms with Crippen molar-refractivity contribution >= 4 is 16.8 Å². The Morgan fingerprint density at radius 3 is 2.77 bits per heavy atom. The predicted molar refractivity (Wildman–Crippen MR) is 51.2 cm³/mol. The van der Waals surface area contributed by atoms with Crippen LogP contribution in [0.3, 0.4) is 0 Å². The molecule has 0 bridgehead atoms. The number of nitrogens with zero attached hydrogens (tertiary/aromatic N) is 1. The Bertz CT molecular complexity index is 370. The highest BCUT2D eigenvalue weighted by atomic mass is 35.5. The van der Waals surface area contributed by atoms with Crippen LogP contribution >= 0.6 is 11.6 Å². The van der Waals surface area contributed by atoms with E-state index < -0.39 is 5.24 Å². The summed E-state index contributed by atoms with van der Waals surface area (Å²) in [5, 5.41) is -0.537. The zero-order valence-electron chi connectivity index (χ0n) is 7.29. The van der Waals surface area contributed by atoms with Crippen LogP contribution in [0.4, 0.5) is 0 Å². The van der Waals surface area contributed by atoms with Crippen molar-refractivity contribution in [1.82, 2.24) is 4.57 Å². The summed E-state index contributed by atoms with van der Waals surface area (Å²) in [5.74, 6) is 0. The fourth-order valence-electron chi connectivity index (χ4n) is 1.06. The Morgan fingerprint density at radius 2 is 2.23 bits per heavy atom. The number of hydrogen-bond acceptors (Lipinski definition) is 2. The molecule has 0 aliphatic carbocycles. The molecule has 13 heavy (non-hydrogen) atoms. The Labute approximate surface area is 80.9 Å². The van der Waals surface area contributed by atoms with Crippen LogP contribution in [-0.2, 0) is 6.54 Å². The van der Waals surface area contributed by atoms with E-state index in [1.165, 1.54) is 22.9 Å². The molecule has 70 valence electrons. The van der Waals surface area contributed by atoms with E-state index >= 15 is 0 Å². The smallest absolute Gasteiger partial charge is 0.253 e. The van der Waals surface area contributed by atoms with Crippen LogP contribution < -0.4 is 5.56 Å². The lowest BCUT2D eigenvalue weighted by molar-refractivity contribution is 0.108. The summed E-state index contributed by atoms with van der Waals surface area (Å²) in [6.07, 6.45) is 2.33. The van der Waals surface area contributed by atoms with Crippen molar-refractivity contribution in [3.8, 4) is 0 Å². The summed E-state index contributed by atoms with van der Waals surface area (Å²) in [6, 6.07) is 2.79. The van der Waals surface area contributed by atoms with Crippen molar-refractivity contribution in [1.29, 1.82) is 0 Å². The van der Waals surface area contributed by atoms with Gasteiger partial charge >= 0.3 is 0 Å². The topological polar surface area (TPSA) is 39.1 Å². The van der Waals surface area contributed by atoms with Gasteiger partial charge in [0.15, 0.2) is 0 Å². The number of rotatable bonds is 3. The fraction of sp³-hybridized carbons (Fsp3) is 0.333. The van der Waals surface area contributed by atoms with Crippen LogP contribution in [0.25, 0.3) is 0 Å². The van der Waals surface area contributed by atoms with E-state index in [0.717, 1.165) is 6.42 Å². The number of pyridine rings is 1. The maximum Gasteiger partial charge on any atom is 0.253 e. The predicted octanol–water partition coefficient (Wildman–Crippen LogP) is 1.64. The van der Waals surface area contributed by atoms with Gasteiger partial charge in [0.1, 0.15) is 0 Å². The lowest BCUT2D eigenvalue weighted by atomic mass is 10.3. The second kappa shape index (κ2) is 4.23. The number of aryl methyl sites for hydroxylation is 1. The Morgan fingerprint density at radius 1 is 1.54 bits per heavy atom. The van der Waals surface area contributed by atoms with Crippen LogP contribution in [0, 0.1) is 0 Å². The average molecular weight is 200 g/mol. The van der Waals surface area contributed by atoms with Gasteiger partial charge in [-0.2, -0.15) is 0 Å². The van der Waals surface area contributed by atoms with Crippen molar-refractivity contribution in [2.24, 2.45) is 0 Å². The number of halogens is 1. The zero-order valence-corrected chi connectivity index (χ0v) is 8.04. The summed E-state index contributed by atoms with van der Waals surface area (Å²) in [5.41, 5.74) is 0.248. The minimum Gasteiger partial charge on any atom is -0.315 e. The molecule has 0 aromatic carbocycles. The monoisotopic (exact) mass is 199 g/mol. The first-order valence-electron chi connectivity index (χ1n) is 4.05. The van der Waals surface area contributed by atoms with Crippen molar-refractivity contribution in [3.63, 3.8) is 0 Å². The molecule has 0 fully saturated rings. The molecule has 1 aromatic heterocycles. The fourth-order valence-corrected chi connectivity index (χ4v) is 1.18. The molecule has 3 nitrogen and oxygen atoms in total. The van der Waals surface area contributed by atoms with Crippen molar-refractivity contribution in [2.45, 2.75) is 19.9 Å². The molecular formula is C9H10ClNO2. The first-order chi connectivity index (χ1) is 6.15. The van der Waals surface area contributed by atoms with Gasteiger partial charge in [0.2, 0.25) is 0 Å². The highest BCUT2D eigenvalue weighted by molar-refractivity contribution is 6.67. The van der Waals surface area contributed by atoms with Gasteiger partial charge in [-0.05, 0) is 24.1 Å². The molecule has 0 unspecified atom stereocenters. The third-order valence-electron chi connectivity index (χ3n) is 1.67. The van der Waals surface area contributed by atoms with Crippen LogP contribution in [0.5, 0.6) is 0 Å². The van der Waals surface area contributed by atoms with Crippen LogP contribution in [-0.4, -0.2) is 9.81 Å². The maximum absolute atomic E-state index is 11.2. The molecule has 0 radical (unpaired) electrons. The van der Waals surface area contributed by atoms with E-state index in [4.69, 9.17) is 11.6 Å². The van der Waals surface area contributed by atoms with Gasteiger partial charge in [-0.15, -0.1) is 0 Å². The maximum atomic E-state index is 11.2. The van der Waals surface area contributed by atoms with E-state index in [2.05, 4.69) is 0 Å². The lowest BCUT2D eigenvalue weighted by Crippen LogP contribution is -2.19. The Balaban J connectivity index is 3.11. The normalized spacial score (nSPS) is 10.0. The minimum absolute atomic E-state index is 0.108. The summed E-state index contributed by atoms with van der Waals surface area (Å²) in [7, 11) is 0. The summed E-state index contributed by atoms with van der Waals surface area (Å²) in [4.78, 5) is 22.0. The van der Waals surface area contributed by atoms with Gasteiger partial charge < -0.3 is 4.57 Å². The van der Waals surface area contributed by atoms with Crippen molar-refractivity contribution in [2.75, 3.05) is 0 Å². The average Bonchev–Trinajstić information content (AvgIpc) is 2.08. The molecule has 1 heterocycles. The molecule has 1 aromatic rings. The molecule has 0 aliphatic heterocycles. The zero-order chi connectivity index (χ0) is 9.84. The van der Waals surface area contributed by atoms with E-state index in [1.807, 2.05) is 6.92 Å². The largest absolute Gasteiger partial charge is 0.315 e. The first kappa shape index (κ1) is 9.99. The second-order valence-corrected chi connectivity index (χ2v) is 3.07.